The van der Waals surface area contributed by atoms with Crippen LogP contribution in [0.15, 0.2) is 42.5 Å². The number of hydrogen-bond donors (Lipinski definition) is 1. The summed E-state index contributed by atoms with van der Waals surface area (Å²) in [5.74, 6) is 1.68. The number of amides is 2. The van der Waals surface area contributed by atoms with Gasteiger partial charge >= 0.3 is 0 Å². The molecule has 33 heavy (non-hydrogen) atoms. The molecule has 2 amide bonds. The molecule has 2 aromatic carbocycles. The molecule has 0 bridgehead atoms. The van der Waals surface area contributed by atoms with Crippen LogP contribution in [-0.2, 0) is 21.9 Å². The van der Waals surface area contributed by atoms with Gasteiger partial charge in [0.2, 0.25) is 11.8 Å². The van der Waals surface area contributed by atoms with Crippen molar-refractivity contribution in [1.82, 2.24) is 10.2 Å². The quantitative estimate of drug-likeness (QED) is 0.391. The minimum atomic E-state index is -0.543. The van der Waals surface area contributed by atoms with Crippen molar-refractivity contribution in [3.05, 3.63) is 63.6 Å². The van der Waals surface area contributed by atoms with E-state index >= 15 is 0 Å². The first-order valence-electron chi connectivity index (χ1n) is 11.0. The van der Waals surface area contributed by atoms with E-state index in [0.717, 1.165) is 16.9 Å². The number of hydrogen-bond acceptors (Lipinski definition) is 4. The summed E-state index contributed by atoms with van der Waals surface area (Å²) in [6, 6.07) is 12.3. The summed E-state index contributed by atoms with van der Waals surface area (Å²) in [6.07, 6.45) is 0.527. The van der Waals surface area contributed by atoms with Crippen LogP contribution in [-0.4, -0.2) is 42.2 Å². The Balaban J connectivity index is 2.14. The van der Waals surface area contributed by atoms with Crippen molar-refractivity contribution < 1.29 is 14.3 Å². The lowest BCUT2D eigenvalue weighted by molar-refractivity contribution is -0.139. The molecule has 5 nitrogen and oxygen atoms in total. The molecule has 0 aromatic heterocycles. The van der Waals surface area contributed by atoms with E-state index in [-0.39, 0.29) is 17.6 Å². The van der Waals surface area contributed by atoms with Gasteiger partial charge in [-0.2, -0.15) is 0 Å². The van der Waals surface area contributed by atoms with Gasteiger partial charge < -0.3 is 15.0 Å². The monoisotopic (exact) mass is 510 g/mol. The highest BCUT2D eigenvalue weighted by atomic mass is 35.5. The van der Waals surface area contributed by atoms with E-state index in [4.69, 9.17) is 27.9 Å². The second-order valence-corrected chi connectivity index (χ2v) is 9.99. The van der Waals surface area contributed by atoms with Gasteiger partial charge in [-0.1, -0.05) is 62.2 Å². The van der Waals surface area contributed by atoms with Gasteiger partial charge in [0.1, 0.15) is 11.8 Å². The first kappa shape index (κ1) is 27.4. The minimum absolute atomic E-state index is 0.0903. The Morgan fingerprint density at radius 2 is 1.82 bits per heavy atom. The average Bonchev–Trinajstić information content (AvgIpc) is 2.79. The number of ether oxygens (including phenoxy) is 1. The van der Waals surface area contributed by atoms with Crippen LogP contribution in [0.5, 0.6) is 5.75 Å². The third kappa shape index (κ3) is 8.76. The fourth-order valence-corrected chi connectivity index (χ4v) is 4.71. The normalized spacial score (nSPS) is 11.8. The average molecular weight is 512 g/mol. The van der Waals surface area contributed by atoms with Crippen molar-refractivity contribution in [3.63, 3.8) is 0 Å². The Kier molecular flexibility index (Phi) is 11.4. The lowest BCUT2D eigenvalue weighted by atomic mass is 10.1. The molecule has 0 aliphatic rings. The topological polar surface area (TPSA) is 58.6 Å². The second-order valence-electron chi connectivity index (χ2n) is 8.16. The van der Waals surface area contributed by atoms with Crippen LogP contribution in [0, 0.1) is 5.92 Å². The van der Waals surface area contributed by atoms with Crippen LogP contribution >= 0.6 is 35.0 Å². The van der Waals surface area contributed by atoms with Crippen LogP contribution in [0.1, 0.15) is 38.3 Å². The standard InChI is InChI=1S/C25H32Cl2N2O3S/c1-5-23(25(31)28-13-17(2)3)29(14-18-6-10-21(32-4)11-7-18)24(30)16-33-15-19-8-9-20(26)12-22(19)27/h6-12,17,23H,5,13-16H2,1-4H3,(H,28,31)/t23-/m0/s1. The summed E-state index contributed by atoms with van der Waals surface area (Å²) in [4.78, 5) is 27.9. The van der Waals surface area contributed by atoms with E-state index in [9.17, 15) is 9.59 Å². The fraction of sp³-hybridized carbons (Fsp3) is 0.440. The maximum Gasteiger partial charge on any atom is 0.242 e. The molecule has 0 spiro atoms. The minimum Gasteiger partial charge on any atom is -0.497 e. The van der Waals surface area contributed by atoms with Crippen LogP contribution in [0.2, 0.25) is 10.0 Å². The van der Waals surface area contributed by atoms with E-state index in [2.05, 4.69) is 5.32 Å². The lowest BCUT2D eigenvalue weighted by Crippen LogP contribution is -2.50. The molecule has 2 aromatic rings. The van der Waals surface area contributed by atoms with Gasteiger partial charge in [-0.15, -0.1) is 11.8 Å². The van der Waals surface area contributed by atoms with Gasteiger partial charge in [0, 0.05) is 28.9 Å². The number of benzene rings is 2. The zero-order valence-corrected chi connectivity index (χ0v) is 21.9. The Morgan fingerprint density at radius 3 is 2.39 bits per heavy atom. The third-order valence-electron chi connectivity index (χ3n) is 5.08. The number of carbonyl (C=O) groups excluding carboxylic acids is 2. The number of nitrogens with one attached hydrogen (secondary N) is 1. The molecule has 1 N–H and O–H groups in total. The maximum atomic E-state index is 13.3. The summed E-state index contributed by atoms with van der Waals surface area (Å²) in [7, 11) is 1.61. The number of nitrogens with zero attached hydrogens (tertiary/aromatic N) is 1. The van der Waals surface area contributed by atoms with Crippen LogP contribution in [0.3, 0.4) is 0 Å². The highest BCUT2D eigenvalue weighted by Gasteiger charge is 2.28. The van der Waals surface area contributed by atoms with Crippen LogP contribution < -0.4 is 10.1 Å². The molecule has 0 saturated heterocycles. The van der Waals surface area contributed by atoms with Crippen LogP contribution in [0.25, 0.3) is 0 Å². The van der Waals surface area contributed by atoms with E-state index < -0.39 is 6.04 Å². The van der Waals surface area contributed by atoms with Gasteiger partial charge in [0.15, 0.2) is 0 Å². The zero-order chi connectivity index (χ0) is 24.4. The molecule has 0 radical (unpaired) electrons. The second kappa shape index (κ2) is 13.7. The summed E-state index contributed by atoms with van der Waals surface area (Å²) in [5, 5.41) is 4.14. The van der Waals surface area contributed by atoms with E-state index in [1.54, 1.807) is 24.1 Å². The van der Waals surface area contributed by atoms with E-state index in [1.807, 2.05) is 51.1 Å². The molecule has 0 aliphatic heterocycles. The molecule has 180 valence electrons. The summed E-state index contributed by atoms with van der Waals surface area (Å²) < 4.78 is 5.23. The zero-order valence-electron chi connectivity index (χ0n) is 19.6. The predicted octanol–water partition coefficient (Wildman–Crippen LogP) is 5.81. The number of halogens is 2. The van der Waals surface area contributed by atoms with Gasteiger partial charge in [0.25, 0.3) is 0 Å². The molecule has 8 heteroatoms. The fourth-order valence-electron chi connectivity index (χ4n) is 3.24. The van der Waals surface area contributed by atoms with Crippen molar-refractivity contribution in [2.24, 2.45) is 5.92 Å². The highest BCUT2D eigenvalue weighted by molar-refractivity contribution is 7.99. The largest absolute Gasteiger partial charge is 0.497 e. The first-order chi connectivity index (χ1) is 15.7. The molecule has 2 rings (SSSR count). The summed E-state index contributed by atoms with van der Waals surface area (Å²) in [5.41, 5.74) is 1.85. The third-order valence-corrected chi connectivity index (χ3v) is 6.63. The maximum absolute atomic E-state index is 13.3. The molecule has 0 fully saturated rings. The van der Waals surface area contributed by atoms with Gasteiger partial charge in [0.05, 0.1) is 12.9 Å². The SMILES string of the molecule is CC[C@@H](C(=O)NCC(C)C)N(Cc1ccc(OC)cc1)C(=O)CSCc1ccc(Cl)cc1Cl. The van der Waals surface area contributed by atoms with Gasteiger partial charge in [-0.3, -0.25) is 9.59 Å². The number of carbonyl (C=O) groups is 2. The Morgan fingerprint density at radius 1 is 1.12 bits per heavy atom. The number of rotatable bonds is 12. The molecule has 1 atom stereocenters. The van der Waals surface area contributed by atoms with Crippen molar-refractivity contribution in [2.45, 2.75) is 45.5 Å². The molecular formula is C25H32Cl2N2O3S. The predicted molar refractivity (Wildman–Crippen MR) is 138 cm³/mol. The highest BCUT2D eigenvalue weighted by Crippen LogP contribution is 2.25. The molecular weight excluding hydrogens is 479 g/mol. The van der Waals surface area contributed by atoms with Crippen molar-refractivity contribution in [1.29, 1.82) is 0 Å². The Bertz CT molecular complexity index is 922. The first-order valence-corrected chi connectivity index (χ1v) is 12.9. The lowest BCUT2D eigenvalue weighted by Gasteiger charge is -2.31. The van der Waals surface area contributed by atoms with Gasteiger partial charge in [-0.05, 0) is 47.7 Å². The summed E-state index contributed by atoms with van der Waals surface area (Å²) >= 11 is 13.7. The van der Waals surface area contributed by atoms with Crippen molar-refractivity contribution >= 4 is 46.8 Å². The summed E-state index contributed by atoms with van der Waals surface area (Å²) in [6.45, 7) is 6.93. The molecule has 0 heterocycles. The molecule has 0 unspecified atom stereocenters. The van der Waals surface area contributed by atoms with Crippen molar-refractivity contribution in [2.75, 3.05) is 19.4 Å². The molecule has 0 saturated carbocycles. The Labute approximate surface area is 211 Å². The van der Waals surface area contributed by atoms with Crippen molar-refractivity contribution in [3.8, 4) is 5.75 Å². The number of methoxy groups -OCH3 is 1. The van der Waals surface area contributed by atoms with E-state index in [0.29, 0.717) is 41.2 Å². The van der Waals surface area contributed by atoms with Crippen LogP contribution in [0.4, 0.5) is 0 Å². The molecule has 0 aliphatic carbocycles. The van der Waals surface area contributed by atoms with Gasteiger partial charge in [-0.25, -0.2) is 0 Å². The smallest absolute Gasteiger partial charge is 0.242 e. The number of thioether (sulfide) groups is 1. The van der Waals surface area contributed by atoms with E-state index in [1.165, 1.54) is 11.8 Å². The Hall–Kier alpha value is -1.89.